The topological polar surface area (TPSA) is 103 Å². The van der Waals surface area contributed by atoms with E-state index in [0.29, 0.717) is 20.6 Å². The maximum Gasteiger partial charge on any atom is 0.338 e. The number of aryl methyl sites for hydroxylation is 1. The van der Waals surface area contributed by atoms with Gasteiger partial charge in [0.2, 0.25) is 0 Å². The average Bonchev–Trinajstić information content (AvgIpc) is 3.37. The lowest BCUT2D eigenvalue weighted by Gasteiger charge is -2.24. The van der Waals surface area contributed by atoms with Crippen LogP contribution in [-0.2, 0) is 9.53 Å². The van der Waals surface area contributed by atoms with E-state index >= 15 is 0 Å². The number of aromatic nitrogens is 2. The second kappa shape index (κ2) is 10.5. The maximum absolute atomic E-state index is 13.8. The molecule has 40 heavy (non-hydrogen) atoms. The number of rotatable bonds is 6. The van der Waals surface area contributed by atoms with E-state index in [1.165, 1.54) is 28.0 Å². The molecule has 0 fully saturated rings. The summed E-state index contributed by atoms with van der Waals surface area (Å²) >= 11 is 1.21. The first-order chi connectivity index (χ1) is 19.1. The van der Waals surface area contributed by atoms with Crippen molar-refractivity contribution in [3.05, 3.63) is 119 Å². The molecule has 0 radical (unpaired) electrons. The van der Waals surface area contributed by atoms with Gasteiger partial charge in [-0.05, 0) is 87.4 Å². The van der Waals surface area contributed by atoms with Crippen molar-refractivity contribution in [3.63, 3.8) is 0 Å². The Morgan fingerprint density at radius 3 is 2.40 bits per heavy atom. The van der Waals surface area contributed by atoms with Crippen molar-refractivity contribution in [3.8, 4) is 5.69 Å². The monoisotopic (exact) mass is 559 g/mol. The lowest BCUT2D eigenvalue weighted by molar-refractivity contribution is -0.139. The number of aromatic carboxylic acids is 1. The highest BCUT2D eigenvalue weighted by atomic mass is 32.1. The van der Waals surface area contributed by atoms with Gasteiger partial charge >= 0.3 is 11.9 Å². The van der Waals surface area contributed by atoms with Crippen molar-refractivity contribution in [2.45, 2.75) is 33.7 Å². The number of fused-ring (bicyclic) bond motifs is 1. The highest BCUT2D eigenvalue weighted by molar-refractivity contribution is 7.07. The number of esters is 1. The number of halogens is 1. The van der Waals surface area contributed by atoms with Gasteiger partial charge in [-0.1, -0.05) is 23.5 Å². The molecule has 1 aliphatic rings. The van der Waals surface area contributed by atoms with Crippen LogP contribution in [0.25, 0.3) is 11.8 Å². The summed E-state index contributed by atoms with van der Waals surface area (Å²) < 4.78 is 22.9. The summed E-state index contributed by atoms with van der Waals surface area (Å²) in [5.41, 5.74) is 4.48. The third-order valence-corrected chi connectivity index (χ3v) is 7.82. The van der Waals surface area contributed by atoms with Crippen LogP contribution in [0.4, 0.5) is 4.39 Å². The molecular formula is C30H26FN3O5S. The number of thiazole rings is 1. The van der Waals surface area contributed by atoms with E-state index in [-0.39, 0.29) is 23.3 Å². The molecule has 5 rings (SSSR count). The van der Waals surface area contributed by atoms with Gasteiger partial charge < -0.3 is 14.4 Å². The minimum Gasteiger partial charge on any atom is -0.478 e. The average molecular weight is 560 g/mol. The highest BCUT2D eigenvalue weighted by Gasteiger charge is 2.33. The fourth-order valence-corrected chi connectivity index (χ4v) is 6.01. The molecule has 2 aromatic heterocycles. The van der Waals surface area contributed by atoms with Crippen LogP contribution in [0.3, 0.4) is 0 Å². The summed E-state index contributed by atoms with van der Waals surface area (Å²) in [6, 6.07) is 13.4. The van der Waals surface area contributed by atoms with Crippen molar-refractivity contribution >= 4 is 29.4 Å². The molecule has 3 heterocycles. The molecule has 0 bridgehead atoms. The zero-order valence-corrected chi connectivity index (χ0v) is 23.1. The van der Waals surface area contributed by atoms with E-state index in [4.69, 9.17) is 4.74 Å². The SMILES string of the molecule is CCOC(=O)C1=C(C)N=c2s/c(=C\c3cc(C)n(-c4ccc(C(=O)O)cc4)c3C)c(=O)n2[C@H]1c1ccc(F)cc1. The van der Waals surface area contributed by atoms with E-state index in [9.17, 15) is 23.9 Å². The van der Waals surface area contributed by atoms with E-state index < -0.39 is 23.8 Å². The molecule has 8 nitrogen and oxygen atoms in total. The highest BCUT2D eigenvalue weighted by Crippen LogP contribution is 2.31. The first-order valence-electron chi connectivity index (χ1n) is 12.6. The van der Waals surface area contributed by atoms with Gasteiger partial charge in [0.25, 0.3) is 5.56 Å². The number of benzene rings is 2. The molecule has 204 valence electrons. The second-order valence-corrected chi connectivity index (χ2v) is 10.4. The molecule has 0 amide bonds. The van der Waals surface area contributed by atoms with Gasteiger partial charge in [0, 0.05) is 17.1 Å². The minimum atomic E-state index is -0.996. The van der Waals surface area contributed by atoms with Gasteiger partial charge in [0.15, 0.2) is 4.80 Å². The van der Waals surface area contributed by atoms with Gasteiger partial charge in [-0.3, -0.25) is 9.36 Å². The van der Waals surface area contributed by atoms with Gasteiger partial charge in [-0.2, -0.15) is 0 Å². The number of carboxylic acids is 1. The van der Waals surface area contributed by atoms with E-state index in [0.717, 1.165) is 22.6 Å². The molecule has 1 atom stereocenters. The smallest absolute Gasteiger partial charge is 0.338 e. The first-order valence-corrected chi connectivity index (χ1v) is 13.4. The molecule has 10 heteroatoms. The van der Waals surface area contributed by atoms with Gasteiger partial charge in [0.05, 0.1) is 34.0 Å². The van der Waals surface area contributed by atoms with Crippen LogP contribution in [0.15, 0.2) is 75.7 Å². The van der Waals surface area contributed by atoms with Gasteiger partial charge in [-0.25, -0.2) is 19.0 Å². The van der Waals surface area contributed by atoms with E-state index in [1.807, 2.05) is 24.5 Å². The molecule has 1 aliphatic heterocycles. The molecule has 1 N–H and O–H groups in total. The summed E-state index contributed by atoms with van der Waals surface area (Å²) in [5.74, 6) is -2.00. The fourth-order valence-electron chi connectivity index (χ4n) is 4.98. The van der Waals surface area contributed by atoms with Crippen molar-refractivity contribution in [1.82, 2.24) is 9.13 Å². The maximum atomic E-state index is 13.8. The Kier molecular flexibility index (Phi) is 7.12. The van der Waals surface area contributed by atoms with Crippen molar-refractivity contribution < 1.29 is 23.8 Å². The Morgan fingerprint density at radius 2 is 1.77 bits per heavy atom. The third kappa shape index (κ3) is 4.71. The number of carboxylic acid groups (broad SMARTS) is 1. The Balaban J connectivity index is 1.66. The molecule has 0 saturated carbocycles. The standard InChI is InChI=1S/C30H26FN3O5S/c1-5-39-29(38)25-17(3)32-30-34(26(25)19-6-10-22(31)11-7-19)27(35)24(40-30)15-21-14-16(2)33(18(21)4)23-12-8-20(9-13-23)28(36)37/h6-15,26H,5H2,1-4H3,(H,36,37)/b24-15-/t26-/m0/s1. The second-order valence-electron chi connectivity index (χ2n) is 9.37. The lowest BCUT2D eigenvalue weighted by Crippen LogP contribution is -2.39. The normalized spacial score (nSPS) is 15.1. The number of allylic oxidation sites excluding steroid dienone is 1. The summed E-state index contributed by atoms with van der Waals surface area (Å²) in [6.07, 6.45) is 1.79. The van der Waals surface area contributed by atoms with Gasteiger partial charge in [0.1, 0.15) is 5.82 Å². The molecule has 0 spiro atoms. The summed E-state index contributed by atoms with van der Waals surface area (Å²) in [4.78, 5) is 43.1. The quantitative estimate of drug-likeness (QED) is 0.359. The fraction of sp³-hybridized carbons (Fsp3) is 0.200. The number of ether oxygens (including phenoxy) is 1. The Hall–Kier alpha value is -4.57. The van der Waals surface area contributed by atoms with Crippen LogP contribution in [-0.4, -0.2) is 32.8 Å². The first kappa shape index (κ1) is 27.0. The number of hydrogen-bond acceptors (Lipinski definition) is 6. The van der Waals surface area contributed by atoms with E-state index in [2.05, 4.69) is 4.99 Å². The van der Waals surface area contributed by atoms with Crippen molar-refractivity contribution in [2.75, 3.05) is 6.61 Å². The van der Waals surface area contributed by atoms with Crippen LogP contribution in [0.2, 0.25) is 0 Å². The molecule has 0 saturated heterocycles. The summed E-state index contributed by atoms with van der Waals surface area (Å²) in [6.45, 7) is 7.41. The predicted octanol–water partition coefficient (Wildman–Crippen LogP) is 4.04. The molecule has 4 aromatic rings. The summed E-state index contributed by atoms with van der Waals surface area (Å²) in [7, 11) is 0. The zero-order valence-electron chi connectivity index (χ0n) is 22.3. The molecular weight excluding hydrogens is 533 g/mol. The van der Waals surface area contributed by atoms with Crippen LogP contribution < -0.4 is 14.9 Å². The van der Waals surface area contributed by atoms with Crippen molar-refractivity contribution in [2.24, 2.45) is 4.99 Å². The zero-order chi connectivity index (χ0) is 28.7. The molecule has 0 aliphatic carbocycles. The van der Waals surface area contributed by atoms with Crippen LogP contribution in [0.5, 0.6) is 0 Å². The van der Waals surface area contributed by atoms with Crippen LogP contribution in [0.1, 0.15) is 52.8 Å². The van der Waals surface area contributed by atoms with Crippen LogP contribution in [0, 0.1) is 19.7 Å². The number of carbonyl (C=O) groups is 2. The Labute approximate surface area is 232 Å². The number of hydrogen-bond donors (Lipinski definition) is 1. The van der Waals surface area contributed by atoms with Crippen LogP contribution >= 0.6 is 11.3 Å². The number of nitrogens with zero attached hydrogens (tertiary/aromatic N) is 3. The number of carbonyl (C=O) groups excluding carboxylic acids is 1. The largest absolute Gasteiger partial charge is 0.478 e. The van der Waals surface area contributed by atoms with E-state index in [1.54, 1.807) is 56.3 Å². The molecule has 2 aromatic carbocycles. The lowest BCUT2D eigenvalue weighted by atomic mass is 9.96. The minimum absolute atomic E-state index is 0.158. The summed E-state index contributed by atoms with van der Waals surface area (Å²) in [5, 5.41) is 9.22. The Bertz CT molecular complexity index is 1860. The Morgan fingerprint density at radius 1 is 1.10 bits per heavy atom. The van der Waals surface area contributed by atoms with Gasteiger partial charge in [-0.15, -0.1) is 0 Å². The third-order valence-electron chi connectivity index (χ3n) is 6.83. The predicted molar refractivity (Wildman–Crippen MR) is 149 cm³/mol. The van der Waals surface area contributed by atoms with Crippen molar-refractivity contribution in [1.29, 1.82) is 0 Å². The molecule has 0 unspecified atom stereocenters.